The predicted molar refractivity (Wildman–Crippen MR) is 592 cm³/mol. The van der Waals surface area contributed by atoms with E-state index in [1.54, 1.807) is 0 Å². The zero-order valence-corrected chi connectivity index (χ0v) is 80.2. The van der Waals surface area contributed by atoms with Crippen molar-refractivity contribution < 1.29 is 0 Å². The average Bonchev–Trinajstić information content (AvgIpc) is 0.759. The Labute approximate surface area is 848 Å². The van der Waals surface area contributed by atoms with Crippen LogP contribution in [0.15, 0.2) is 551 Å². The summed E-state index contributed by atoms with van der Waals surface area (Å²) in [6.07, 6.45) is 0. The van der Waals surface area contributed by atoms with E-state index in [1.807, 2.05) is 95.9 Å². The van der Waals surface area contributed by atoms with E-state index in [0.29, 0.717) is 52.4 Å². The van der Waals surface area contributed by atoms with Crippen LogP contribution < -0.4 is 14.7 Å². The maximum absolute atomic E-state index is 5.09. The van der Waals surface area contributed by atoms with Crippen molar-refractivity contribution in [2.45, 2.75) is 29.4 Å². The summed E-state index contributed by atoms with van der Waals surface area (Å²) in [4.78, 5) is 59.6. The maximum atomic E-state index is 5.09. The fourth-order valence-electron chi connectivity index (χ4n) is 18.4. The normalized spacial score (nSPS) is 11.9. The second-order valence-corrected chi connectivity index (χ2v) is 38.0. The number of para-hydroxylation sites is 6. The zero-order valence-electron chi connectivity index (χ0n) is 77.7. The summed E-state index contributed by atoms with van der Waals surface area (Å²) in [6, 6.07) is 181. The van der Waals surface area contributed by atoms with Crippen LogP contribution in [0, 0.1) is 0 Å². The maximum Gasteiger partial charge on any atom is 0.164 e. The van der Waals surface area contributed by atoms with Crippen LogP contribution in [0.1, 0.15) is 0 Å². The highest BCUT2D eigenvalue weighted by molar-refractivity contribution is 8.00. The molecule has 3 aliphatic rings. The first-order valence-corrected chi connectivity index (χ1v) is 50.2. The molecule has 0 unspecified atom stereocenters. The molecule has 680 valence electrons. The molecule has 0 aliphatic carbocycles. The number of benzene rings is 20. The monoisotopic (exact) mass is 1900 g/mol. The second-order valence-electron chi connectivity index (χ2n) is 34.8. The van der Waals surface area contributed by atoms with Crippen molar-refractivity contribution in [3.63, 3.8) is 0 Å². The smallest absolute Gasteiger partial charge is 0.164 e. The van der Waals surface area contributed by atoms with E-state index in [0.717, 1.165) is 106 Å². The second kappa shape index (κ2) is 40.4. The van der Waals surface area contributed by atoms with E-state index in [1.165, 1.54) is 80.2 Å². The van der Waals surface area contributed by atoms with Gasteiger partial charge in [-0.15, -0.1) is 0 Å². The lowest BCUT2D eigenvalue weighted by Gasteiger charge is -2.32. The Hall–Kier alpha value is -18.1. The molecule has 0 fully saturated rings. The van der Waals surface area contributed by atoms with Gasteiger partial charge in [-0.05, 0) is 213 Å². The molecule has 0 saturated carbocycles. The predicted octanol–water partition coefficient (Wildman–Crippen LogP) is 34.8. The van der Waals surface area contributed by atoms with Gasteiger partial charge in [0, 0.05) is 96.5 Å². The summed E-state index contributed by atoms with van der Waals surface area (Å²) in [5.41, 5.74) is 30.2. The summed E-state index contributed by atoms with van der Waals surface area (Å²) >= 11 is 5.43. The number of fused-ring (bicyclic) bond motifs is 6. The highest BCUT2D eigenvalue weighted by atomic mass is 32.2. The Kier molecular flexibility index (Phi) is 24.8. The zero-order chi connectivity index (χ0) is 95.9. The van der Waals surface area contributed by atoms with Crippen molar-refractivity contribution in [3.05, 3.63) is 522 Å². The van der Waals surface area contributed by atoms with Crippen molar-refractivity contribution in [3.8, 4) is 158 Å². The Balaban J connectivity index is 0.000000117. The van der Waals surface area contributed by atoms with Gasteiger partial charge in [0.15, 0.2) is 52.4 Å². The third kappa shape index (κ3) is 18.7. The standard InChI is InChI=1S/2C45H30N4S.C39H26N4S/c1-3-13-31(14-4-1)34-17-11-19-36(29-34)44-46-43(47-45(48-44)37-20-12-18-35(30-37)32-15-5-2-6-16-32)33-25-27-38(28-26-33)49-39-21-7-9-23-41(39)50-42-24-10-8-22-40(42)49;1-3-11-31(12-4-1)33-19-23-35(24-20-33)43-46-44(36-25-21-34(22-26-36)32-13-5-2-6-14-32)48-45(47-43)37-27-29-38(30-28-37)49-39-15-7-9-17-41(39)50-42-18-10-8-16-40(42)49;1-3-11-27(12-4-1)28-19-21-30(22-20-28)38-40-37(29-13-5-2-6-14-29)41-39(42-38)31-23-25-32(26-24-31)43-33-15-7-9-17-35(33)44-36-18-10-8-16-34(36)43/h2*1-30H;1-26H. The lowest BCUT2D eigenvalue weighted by molar-refractivity contribution is 1.07. The molecule has 20 aromatic carbocycles. The molecule has 3 aromatic heterocycles. The molecule has 0 atom stereocenters. The largest absolute Gasteiger partial charge is 0.308 e. The minimum absolute atomic E-state index is 0.627. The van der Waals surface area contributed by atoms with Gasteiger partial charge in [0.25, 0.3) is 0 Å². The van der Waals surface area contributed by atoms with E-state index >= 15 is 0 Å². The molecule has 26 rings (SSSR count). The van der Waals surface area contributed by atoms with Crippen LogP contribution in [-0.4, -0.2) is 44.9 Å². The Morgan fingerprint density at radius 2 is 0.250 bits per heavy atom. The van der Waals surface area contributed by atoms with Gasteiger partial charge in [-0.25, -0.2) is 44.9 Å². The van der Waals surface area contributed by atoms with E-state index in [-0.39, 0.29) is 0 Å². The fraction of sp³-hybridized carbons (Fsp3) is 0. The van der Waals surface area contributed by atoms with Crippen LogP contribution in [-0.2, 0) is 0 Å². The molecular weight excluding hydrogens is 1810 g/mol. The first-order valence-electron chi connectivity index (χ1n) is 47.8. The molecule has 0 N–H and O–H groups in total. The number of anilines is 9. The summed E-state index contributed by atoms with van der Waals surface area (Å²) in [5, 5.41) is 0. The number of hydrogen-bond acceptors (Lipinski definition) is 15. The van der Waals surface area contributed by atoms with Crippen LogP contribution in [0.25, 0.3) is 158 Å². The molecule has 12 nitrogen and oxygen atoms in total. The first kappa shape index (κ1) is 88.6. The van der Waals surface area contributed by atoms with Gasteiger partial charge in [-0.2, -0.15) is 0 Å². The lowest BCUT2D eigenvalue weighted by atomic mass is 10.0. The Morgan fingerprint density at radius 1 is 0.111 bits per heavy atom. The third-order valence-corrected chi connectivity index (χ3v) is 29.0. The number of nitrogens with zero attached hydrogens (tertiary/aromatic N) is 12. The van der Waals surface area contributed by atoms with E-state index < -0.39 is 0 Å². The minimum atomic E-state index is 0.627. The first-order chi connectivity index (χ1) is 71.3. The number of hydrogen-bond donors (Lipinski definition) is 0. The minimum Gasteiger partial charge on any atom is -0.308 e. The quantitative estimate of drug-likeness (QED) is 0.0858. The van der Waals surface area contributed by atoms with Crippen molar-refractivity contribution >= 4 is 86.5 Å². The van der Waals surface area contributed by atoms with E-state index in [9.17, 15) is 0 Å². The highest BCUT2D eigenvalue weighted by Gasteiger charge is 2.30. The molecule has 15 heteroatoms. The third-order valence-electron chi connectivity index (χ3n) is 25.6. The van der Waals surface area contributed by atoms with Gasteiger partial charge >= 0.3 is 0 Å². The average molecular weight is 1900 g/mol. The molecule has 0 bridgehead atoms. The highest BCUT2D eigenvalue weighted by Crippen LogP contribution is 2.55. The molecule has 6 heterocycles. The van der Waals surface area contributed by atoms with Gasteiger partial charge < -0.3 is 14.7 Å². The number of rotatable bonds is 17. The fourth-order valence-corrected chi connectivity index (χ4v) is 21.5. The summed E-state index contributed by atoms with van der Waals surface area (Å²) < 4.78 is 0. The van der Waals surface area contributed by atoms with E-state index in [4.69, 9.17) is 44.9 Å². The van der Waals surface area contributed by atoms with Gasteiger partial charge in [0.2, 0.25) is 0 Å². The summed E-state index contributed by atoms with van der Waals surface area (Å²) in [6.45, 7) is 0. The molecule has 3 aliphatic heterocycles. The Bertz CT molecular complexity index is 8220. The molecule has 0 amide bonds. The van der Waals surface area contributed by atoms with E-state index in [2.05, 4.69) is 476 Å². The van der Waals surface area contributed by atoms with Crippen LogP contribution in [0.5, 0.6) is 0 Å². The van der Waals surface area contributed by atoms with Gasteiger partial charge in [0.1, 0.15) is 0 Å². The summed E-state index contributed by atoms with van der Waals surface area (Å²) in [5.74, 6) is 5.73. The van der Waals surface area contributed by atoms with Gasteiger partial charge in [-0.1, -0.05) is 399 Å². The lowest BCUT2D eigenvalue weighted by Crippen LogP contribution is -2.14. The van der Waals surface area contributed by atoms with Crippen molar-refractivity contribution in [2.75, 3.05) is 14.7 Å². The van der Waals surface area contributed by atoms with Gasteiger partial charge in [0.05, 0.1) is 34.1 Å². The topological polar surface area (TPSA) is 126 Å². The molecule has 0 saturated heterocycles. The number of aromatic nitrogens is 9. The Morgan fingerprint density at radius 3 is 0.465 bits per heavy atom. The van der Waals surface area contributed by atoms with Crippen LogP contribution >= 0.6 is 35.3 Å². The molecule has 0 radical (unpaired) electrons. The van der Waals surface area contributed by atoms with Crippen molar-refractivity contribution in [2.24, 2.45) is 0 Å². The van der Waals surface area contributed by atoms with Crippen LogP contribution in [0.3, 0.4) is 0 Å². The van der Waals surface area contributed by atoms with Crippen LogP contribution in [0.4, 0.5) is 51.2 Å². The van der Waals surface area contributed by atoms with Crippen LogP contribution in [0.2, 0.25) is 0 Å². The molecule has 23 aromatic rings. The summed E-state index contributed by atoms with van der Waals surface area (Å²) in [7, 11) is 0. The molecule has 0 spiro atoms. The van der Waals surface area contributed by atoms with Crippen molar-refractivity contribution in [1.29, 1.82) is 0 Å². The van der Waals surface area contributed by atoms with Gasteiger partial charge in [-0.3, -0.25) is 0 Å². The molecular formula is C129H86N12S3. The van der Waals surface area contributed by atoms with Crippen molar-refractivity contribution in [1.82, 2.24) is 44.9 Å². The molecule has 144 heavy (non-hydrogen) atoms. The SMILES string of the molecule is c1ccc(-c2ccc(-c3nc(-c4ccc(-c5ccccc5)cc4)nc(-c4ccc(N5c6ccccc6Sc6ccccc65)cc4)n3)cc2)cc1.c1ccc(-c2ccc(-c3nc(-c4ccccc4)nc(-c4ccc(N5c6ccccc6Sc6ccccc65)cc4)n3)cc2)cc1.c1ccc(-c2cccc(-c3nc(-c4ccc(N5c6ccccc6Sc6ccccc65)cc4)nc(-c4cccc(-c5ccccc5)c4)n3)c2)cc1.